The van der Waals surface area contributed by atoms with Crippen LogP contribution in [0.15, 0.2) is 52.3 Å². The summed E-state index contributed by atoms with van der Waals surface area (Å²) in [7, 11) is -4.57. The Kier molecular flexibility index (Phi) is 12.8. The lowest BCUT2D eigenvalue weighted by Gasteiger charge is -2.13. The monoisotopic (exact) mass is 496 g/mol. The van der Waals surface area contributed by atoms with E-state index in [0.29, 0.717) is 10.6 Å². The number of hydrogen-bond donors (Lipinski definition) is 0. The van der Waals surface area contributed by atoms with Gasteiger partial charge in [-0.1, -0.05) is 76.8 Å². The minimum absolute atomic E-state index is 0.214. The zero-order valence-electron chi connectivity index (χ0n) is 19.0. The van der Waals surface area contributed by atoms with Crippen molar-refractivity contribution in [2.75, 3.05) is 0 Å². The molecule has 2 aromatic rings. The van der Waals surface area contributed by atoms with Crippen molar-refractivity contribution in [3.05, 3.63) is 48.0 Å². The molecule has 0 bridgehead atoms. The minimum atomic E-state index is -4.57. The van der Waals surface area contributed by atoms with Crippen molar-refractivity contribution in [1.82, 2.24) is 0 Å². The topological polar surface area (TPSA) is 108 Å². The third-order valence-corrected chi connectivity index (χ3v) is 6.83. The van der Waals surface area contributed by atoms with Gasteiger partial charge in [-0.25, -0.2) is 8.42 Å². The highest BCUT2D eigenvalue weighted by atomic mass is 32.2. The summed E-state index contributed by atoms with van der Waals surface area (Å²) in [6.45, 7) is 2.23. The van der Waals surface area contributed by atoms with Crippen LogP contribution in [0, 0.1) is 0 Å². The van der Waals surface area contributed by atoms with E-state index in [4.69, 9.17) is 4.74 Å². The molecule has 0 saturated heterocycles. The smallest absolute Gasteiger partial charge is 0.128 e. The van der Waals surface area contributed by atoms with Gasteiger partial charge in [-0.3, -0.25) is 5.04 Å². The molecule has 0 unspecified atom stereocenters. The second-order valence-electron chi connectivity index (χ2n) is 7.95. The molecule has 184 valence electrons. The van der Waals surface area contributed by atoms with Crippen LogP contribution in [0.25, 0.3) is 0 Å². The van der Waals surface area contributed by atoms with Crippen molar-refractivity contribution < 1.29 is 32.3 Å². The van der Waals surface area contributed by atoms with E-state index in [9.17, 15) is 18.2 Å². The Bertz CT molecular complexity index is 932. The van der Waals surface area contributed by atoms with Gasteiger partial charge in [0.15, 0.2) is 0 Å². The quantitative estimate of drug-likeness (QED) is 0.0852. The molecule has 2 rings (SSSR count). The molecule has 0 atom stereocenters. The fraction of sp³-hybridized carbons (Fsp3) is 0.500. The Morgan fingerprint density at radius 2 is 1.48 bits per heavy atom. The van der Waals surface area contributed by atoms with Crippen LogP contribution in [-0.4, -0.2) is 13.0 Å². The van der Waals surface area contributed by atoms with E-state index in [1.54, 1.807) is 18.2 Å². The average molecular weight is 497 g/mol. The van der Waals surface area contributed by atoms with Crippen molar-refractivity contribution in [3.8, 4) is 11.5 Å². The van der Waals surface area contributed by atoms with Crippen LogP contribution in [0.4, 0.5) is 0 Å². The first-order chi connectivity index (χ1) is 15.9. The number of hydrogen-bond acceptors (Lipinski definition) is 8. The summed E-state index contributed by atoms with van der Waals surface area (Å²) in [4.78, 5) is 0.308. The lowest BCUT2D eigenvalue weighted by Crippen LogP contribution is -2.01. The third kappa shape index (κ3) is 10.9. The van der Waals surface area contributed by atoms with Gasteiger partial charge >= 0.3 is 0 Å². The Morgan fingerprint density at radius 3 is 2.12 bits per heavy atom. The van der Waals surface area contributed by atoms with E-state index >= 15 is 0 Å². The second kappa shape index (κ2) is 15.3. The first-order valence-corrected chi connectivity index (χ1v) is 13.6. The summed E-state index contributed by atoms with van der Waals surface area (Å²) < 4.78 is 43.9. The molecule has 0 aliphatic heterocycles. The standard InChI is InChI=1S/C24H34O7S2/c1-2-3-4-5-6-7-8-9-10-11-13-20-16-17-22(19-24(20)32-31-30-25)29-21-14-12-15-23(18-21)33(26,27)28/h12,14-19,25H,2-11,13H2,1H3,(H,26,27,28)/p-2. The Labute approximate surface area is 201 Å². The maximum absolute atomic E-state index is 11.2. The highest BCUT2D eigenvalue weighted by Gasteiger charge is 2.09. The minimum Gasteiger partial charge on any atom is -0.744 e. The predicted molar refractivity (Wildman–Crippen MR) is 124 cm³/mol. The molecule has 0 aromatic heterocycles. The van der Waals surface area contributed by atoms with Gasteiger partial charge in [0, 0.05) is 4.90 Å². The van der Waals surface area contributed by atoms with Crippen LogP contribution in [0.3, 0.4) is 0 Å². The molecule has 7 nitrogen and oxygen atoms in total. The largest absolute Gasteiger partial charge is 0.744 e. The molecule has 0 aliphatic carbocycles. The van der Waals surface area contributed by atoms with Gasteiger partial charge in [0.1, 0.15) is 21.6 Å². The van der Waals surface area contributed by atoms with E-state index in [1.807, 2.05) is 6.07 Å². The first kappa shape index (κ1) is 27.6. The maximum atomic E-state index is 11.2. The van der Waals surface area contributed by atoms with Crippen molar-refractivity contribution >= 4 is 22.2 Å². The Morgan fingerprint density at radius 1 is 0.848 bits per heavy atom. The number of ether oxygens (including phenoxy) is 1. The lowest BCUT2D eigenvalue weighted by molar-refractivity contribution is -0.777. The molecule has 9 heteroatoms. The molecular weight excluding hydrogens is 464 g/mol. The molecule has 0 amide bonds. The van der Waals surface area contributed by atoms with Crippen LogP contribution in [0.2, 0.25) is 0 Å². The van der Waals surface area contributed by atoms with Gasteiger partial charge in [-0.15, -0.1) is 0 Å². The predicted octanol–water partition coefficient (Wildman–Crippen LogP) is 6.08. The molecular formula is C24H32O7S2-2. The molecule has 0 heterocycles. The molecule has 33 heavy (non-hydrogen) atoms. The maximum Gasteiger partial charge on any atom is 0.128 e. The normalized spacial score (nSPS) is 11.6. The van der Waals surface area contributed by atoms with Crippen LogP contribution in [-0.2, 0) is 25.9 Å². The molecule has 0 saturated carbocycles. The molecule has 2 aromatic carbocycles. The third-order valence-electron chi connectivity index (χ3n) is 5.32. The van der Waals surface area contributed by atoms with Crippen molar-refractivity contribution in [1.29, 1.82) is 0 Å². The first-order valence-electron chi connectivity index (χ1n) is 11.4. The van der Waals surface area contributed by atoms with E-state index in [2.05, 4.69) is 16.3 Å². The Hall–Kier alpha value is -1.62. The van der Waals surface area contributed by atoms with E-state index in [-0.39, 0.29) is 10.6 Å². The van der Waals surface area contributed by atoms with Gasteiger partial charge in [-0.05, 0) is 48.7 Å². The van der Waals surface area contributed by atoms with Crippen LogP contribution in [0.1, 0.15) is 76.7 Å². The molecule has 0 spiro atoms. The van der Waals surface area contributed by atoms with Crippen molar-refractivity contribution in [2.45, 2.75) is 87.3 Å². The number of unbranched alkanes of at least 4 members (excludes halogenated alkanes) is 9. The molecule has 0 radical (unpaired) electrons. The van der Waals surface area contributed by atoms with Crippen LogP contribution < -0.4 is 9.99 Å². The van der Waals surface area contributed by atoms with E-state index in [1.165, 1.54) is 69.6 Å². The highest BCUT2D eigenvalue weighted by Crippen LogP contribution is 2.32. The summed E-state index contributed by atoms with van der Waals surface area (Å²) in [6.07, 6.45) is 13.3. The van der Waals surface area contributed by atoms with E-state index in [0.717, 1.165) is 36.9 Å². The fourth-order valence-electron chi connectivity index (χ4n) is 3.57. The molecule has 0 aliphatic rings. The summed E-state index contributed by atoms with van der Waals surface area (Å²) in [5, 5.41) is 13.8. The van der Waals surface area contributed by atoms with Gasteiger partial charge in [-0.2, -0.15) is 4.33 Å². The summed E-state index contributed by atoms with van der Waals surface area (Å²) >= 11 is 0.800. The summed E-state index contributed by atoms with van der Waals surface area (Å²) in [5.41, 5.74) is 1.000. The van der Waals surface area contributed by atoms with Gasteiger partial charge in [0.2, 0.25) is 0 Å². The van der Waals surface area contributed by atoms with Gasteiger partial charge < -0.3 is 14.5 Å². The number of aryl methyl sites for hydroxylation is 1. The number of benzene rings is 2. The average Bonchev–Trinajstić information content (AvgIpc) is 2.79. The Balaban J connectivity index is 1.88. The SMILES string of the molecule is CCCCCCCCCCCCc1ccc(Oc2cccc(S(=O)(=O)[O-])c2)cc1SOO[O-]. The van der Waals surface area contributed by atoms with Gasteiger partial charge in [0.05, 0.1) is 16.9 Å². The summed E-state index contributed by atoms with van der Waals surface area (Å²) in [5.74, 6) is 0.630. The van der Waals surface area contributed by atoms with Crippen LogP contribution in [0.5, 0.6) is 11.5 Å². The van der Waals surface area contributed by atoms with Crippen LogP contribution >= 0.6 is 12.0 Å². The zero-order valence-corrected chi connectivity index (χ0v) is 20.6. The lowest BCUT2D eigenvalue weighted by atomic mass is 10.0. The second-order valence-corrected chi connectivity index (χ2v) is 10.1. The molecule has 0 fully saturated rings. The molecule has 0 N–H and O–H groups in total. The highest BCUT2D eigenvalue weighted by molar-refractivity contribution is 7.94. The fourth-order valence-corrected chi connectivity index (χ4v) is 4.61. The van der Waals surface area contributed by atoms with Crippen molar-refractivity contribution in [3.63, 3.8) is 0 Å². The number of rotatable bonds is 17. The van der Waals surface area contributed by atoms with E-state index < -0.39 is 10.1 Å². The zero-order chi connectivity index (χ0) is 23.9. The van der Waals surface area contributed by atoms with Gasteiger partial charge in [0.25, 0.3) is 0 Å². The summed E-state index contributed by atoms with van der Waals surface area (Å²) in [6, 6.07) is 10.7. The van der Waals surface area contributed by atoms with Crippen molar-refractivity contribution in [2.24, 2.45) is 0 Å².